The van der Waals surface area contributed by atoms with Gasteiger partial charge in [-0.25, -0.2) is 0 Å². The SMILES string of the molecule is N#Cc1cc(=O)c2cc(N3CCCCC3)ccc2[nH]1. The van der Waals surface area contributed by atoms with Crippen LogP contribution in [0.15, 0.2) is 29.1 Å². The maximum Gasteiger partial charge on any atom is 0.190 e. The van der Waals surface area contributed by atoms with Crippen molar-refractivity contribution in [1.29, 1.82) is 5.26 Å². The first-order chi connectivity index (χ1) is 9.28. The number of rotatable bonds is 1. The molecule has 0 amide bonds. The van der Waals surface area contributed by atoms with Gasteiger partial charge in [0.2, 0.25) is 0 Å². The smallest absolute Gasteiger partial charge is 0.190 e. The second-order valence-corrected chi connectivity index (χ2v) is 4.94. The third-order valence-corrected chi connectivity index (χ3v) is 3.66. The normalized spacial score (nSPS) is 15.4. The summed E-state index contributed by atoms with van der Waals surface area (Å²) in [6.07, 6.45) is 3.71. The van der Waals surface area contributed by atoms with Crippen molar-refractivity contribution in [1.82, 2.24) is 4.98 Å². The summed E-state index contributed by atoms with van der Waals surface area (Å²) in [5.41, 5.74) is 2.04. The first kappa shape index (κ1) is 11.8. The molecule has 0 unspecified atom stereocenters. The Labute approximate surface area is 111 Å². The van der Waals surface area contributed by atoms with Crippen molar-refractivity contribution in [2.45, 2.75) is 19.3 Å². The van der Waals surface area contributed by atoms with E-state index in [1.165, 1.54) is 25.3 Å². The number of pyridine rings is 1. The van der Waals surface area contributed by atoms with Gasteiger partial charge in [0.1, 0.15) is 11.8 Å². The maximum atomic E-state index is 12.0. The van der Waals surface area contributed by atoms with Gasteiger partial charge in [0.25, 0.3) is 0 Å². The van der Waals surface area contributed by atoms with Crippen LogP contribution in [0, 0.1) is 11.3 Å². The van der Waals surface area contributed by atoms with E-state index < -0.39 is 0 Å². The highest BCUT2D eigenvalue weighted by Crippen LogP contribution is 2.22. The molecule has 1 aromatic heterocycles. The van der Waals surface area contributed by atoms with Gasteiger partial charge in [-0.05, 0) is 37.5 Å². The van der Waals surface area contributed by atoms with Crippen molar-refractivity contribution in [3.8, 4) is 6.07 Å². The van der Waals surface area contributed by atoms with Crippen molar-refractivity contribution in [3.05, 3.63) is 40.2 Å². The minimum Gasteiger partial charge on any atom is -0.372 e. The lowest BCUT2D eigenvalue weighted by Crippen LogP contribution is -2.29. The van der Waals surface area contributed by atoms with Crippen molar-refractivity contribution < 1.29 is 0 Å². The van der Waals surface area contributed by atoms with Gasteiger partial charge < -0.3 is 9.88 Å². The fourth-order valence-corrected chi connectivity index (χ4v) is 2.64. The highest BCUT2D eigenvalue weighted by Gasteiger charge is 2.12. The minimum atomic E-state index is -0.0934. The number of nitrogens with zero attached hydrogens (tertiary/aromatic N) is 2. The van der Waals surface area contributed by atoms with Gasteiger partial charge in [-0.15, -0.1) is 0 Å². The van der Waals surface area contributed by atoms with Crippen LogP contribution in [-0.4, -0.2) is 18.1 Å². The molecule has 1 aliphatic rings. The van der Waals surface area contributed by atoms with Gasteiger partial charge >= 0.3 is 0 Å². The lowest BCUT2D eigenvalue weighted by Gasteiger charge is -2.28. The Morgan fingerprint density at radius 3 is 2.68 bits per heavy atom. The number of hydrogen-bond donors (Lipinski definition) is 1. The largest absolute Gasteiger partial charge is 0.372 e. The summed E-state index contributed by atoms with van der Waals surface area (Å²) in [6.45, 7) is 2.11. The Kier molecular flexibility index (Phi) is 2.96. The molecule has 0 spiro atoms. The van der Waals surface area contributed by atoms with E-state index >= 15 is 0 Å². The zero-order valence-corrected chi connectivity index (χ0v) is 10.6. The Morgan fingerprint density at radius 2 is 1.95 bits per heavy atom. The van der Waals surface area contributed by atoms with E-state index in [4.69, 9.17) is 5.26 Å². The Balaban J connectivity index is 2.08. The summed E-state index contributed by atoms with van der Waals surface area (Å²) >= 11 is 0. The van der Waals surface area contributed by atoms with Gasteiger partial charge in [-0.1, -0.05) is 0 Å². The molecule has 1 N–H and O–H groups in total. The average molecular weight is 253 g/mol. The first-order valence-corrected chi connectivity index (χ1v) is 6.60. The predicted molar refractivity (Wildman–Crippen MR) is 75.3 cm³/mol. The average Bonchev–Trinajstić information content (AvgIpc) is 2.47. The van der Waals surface area contributed by atoms with Crippen LogP contribution in [0.5, 0.6) is 0 Å². The number of aromatic amines is 1. The van der Waals surface area contributed by atoms with Gasteiger partial charge in [-0.3, -0.25) is 4.79 Å². The molecular formula is C15H15N3O. The molecule has 2 aromatic rings. The van der Waals surface area contributed by atoms with Crippen molar-refractivity contribution in [2.75, 3.05) is 18.0 Å². The molecule has 0 saturated carbocycles. The molecule has 4 nitrogen and oxygen atoms in total. The molecule has 0 radical (unpaired) electrons. The zero-order valence-electron chi connectivity index (χ0n) is 10.6. The molecule has 19 heavy (non-hydrogen) atoms. The Bertz CT molecular complexity index is 705. The topological polar surface area (TPSA) is 59.9 Å². The molecule has 0 aliphatic carbocycles. The van der Waals surface area contributed by atoms with Crippen LogP contribution in [0.3, 0.4) is 0 Å². The molecule has 1 fully saturated rings. The third-order valence-electron chi connectivity index (χ3n) is 3.66. The molecule has 96 valence electrons. The van der Waals surface area contributed by atoms with E-state index in [2.05, 4.69) is 9.88 Å². The number of anilines is 1. The fourth-order valence-electron chi connectivity index (χ4n) is 2.64. The molecule has 1 saturated heterocycles. The monoisotopic (exact) mass is 253 g/mol. The van der Waals surface area contributed by atoms with Crippen LogP contribution < -0.4 is 10.3 Å². The van der Waals surface area contributed by atoms with Crippen LogP contribution >= 0.6 is 0 Å². The molecule has 4 heteroatoms. The second-order valence-electron chi connectivity index (χ2n) is 4.94. The lowest BCUT2D eigenvalue weighted by atomic mass is 10.1. The molecule has 1 aliphatic heterocycles. The van der Waals surface area contributed by atoms with E-state index in [-0.39, 0.29) is 5.43 Å². The number of H-pyrrole nitrogens is 1. The van der Waals surface area contributed by atoms with E-state index in [9.17, 15) is 4.79 Å². The summed E-state index contributed by atoms with van der Waals surface area (Å²) in [5, 5.41) is 9.51. The molecule has 0 bridgehead atoms. The van der Waals surface area contributed by atoms with Crippen LogP contribution in [0.2, 0.25) is 0 Å². The second kappa shape index (κ2) is 4.77. The van der Waals surface area contributed by atoms with Crippen molar-refractivity contribution >= 4 is 16.6 Å². The summed E-state index contributed by atoms with van der Waals surface area (Å²) in [7, 11) is 0. The highest BCUT2D eigenvalue weighted by atomic mass is 16.1. The number of piperidine rings is 1. The maximum absolute atomic E-state index is 12.0. The van der Waals surface area contributed by atoms with Crippen LogP contribution in [-0.2, 0) is 0 Å². The molecule has 3 rings (SSSR count). The quantitative estimate of drug-likeness (QED) is 0.848. The molecule has 2 heterocycles. The van der Waals surface area contributed by atoms with Gasteiger partial charge in [-0.2, -0.15) is 5.26 Å². The summed E-state index contributed by atoms with van der Waals surface area (Å²) in [5.74, 6) is 0. The van der Waals surface area contributed by atoms with E-state index in [0.29, 0.717) is 11.1 Å². The predicted octanol–water partition coefficient (Wildman–Crippen LogP) is 2.39. The minimum absolute atomic E-state index is 0.0934. The summed E-state index contributed by atoms with van der Waals surface area (Å²) < 4.78 is 0. The van der Waals surface area contributed by atoms with Crippen LogP contribution in [0.4, 0.5) is 5.69 Å². The van der Waals surface area contributed by atoms with Gasteiger partial charge in [0, 0.05) is 30.2 Å². The third kappa shape index (κ3) is 2.19. The number of benzene rings is 1. The molecule has 0 atom stereocenters. The van der Waals surface area contributed by atoms with Crippen LogP contribution in [0.1, 0.15) is 25.0 Å². The van der Waals surface area contributed by atoms with Gasteiger partial charge in [0.15, 0.2) is 5.43 Å². The zero-order chi connectivity index (χ0) is 13.2. The number of hydrogen-bond acceptors (Lipinski definition) is 3. The Morgan fingerprint density at radius 1 is 1.16 bits per heavy atom. The number of fused-ring (bicyclic) bond motifs is 1. The molecule has 1 aromatic carbocycles. The van der Waals surface area contributed by atoms with Gasteiger partial charge in [0.05, 0.1) is 5.52 Å². The Hall–Kier alpha value is -2.28. The summed E-state index contributed by atoms with van der Waals surface area (Å²) in [6, 6.07) is 9.18. The van der Waals surface area contributed by atoms with Crippen LogP contribution in [0.25, 0.3) is 10.9 Å². The van der Waals surface area contributed by atoms with Crippen molar-refractivity contribution in [2.24, 2.45) is 0 Å². The first-order valence-electron chi connectivity index (χ1n) is 6.60. The van der Waals surface area contributed by atoms with E-state index in [1.807, 2.05) is 24.3 Å². The fraction of sp³-hybridized carbons (Fsp3) is 0.333. The number of nitriles is 1. The summed E-state index contributed by atoms with van der Waals surface area (Å²) in [4.78, 5) is 17.3. The standard InChI is InChI=1S/C15H15N3O/c16-10-11-8-15(19)13-9-12(4-5-14(13)17-11)18-6-2-1-3-7-18/h4-5,8-9H,1-3,6-7H2,(H,17,19). The highest BCUT2D eigenvalue weighted by molar-refractivity contribution is 5.83. The number of nitrogens with one attached hydrogen (secondary N) is 1. The lowest BCUT2D eigenvalue weighted by molar-refractivity contribution is 0.578. The van der Waals surface area contributed by atoms with E-state index in [1.54, 1.807) is 0 Å². The molecular weight excluding hydrogens is 238 g/mol. The number of aromatic nitrogens is 1. The van der Waals surface area contributed by atoms with E-state index in [0.717, 1.165) is 24.3 Å². The van der Waals surface area contributed by atoms with Crippen molar-refractivity contribution in [3.63, 3.8) is 0 Å².